The van der Waals surface area contributed by atoms with Crippen LogP contribution in [0.4, 0.5) is 18.9 Å². The molecule has 0 aromatic heterocycles. The highest BCUT2D eigenvalue weighted by Gasteiger charge is 2.30. The zero-order valence-electron chi connectivity index (χ0n) is 10.5. The second-order valence-corrected chi connectivity index (χ2v) is 4.84. The Bertz CT molecular complexity index is 451. The summed E-state index contributed by atoms with van der Waals surface area (Å²) in [7, 11) is 0. The minimum absolute atomic E-state index is 0.427. The maximum absolute atomic E-state index is 12.5. The molecule has 102 valence electrons. The van der Waals surface area contributed by atoms with E-state index in [2.05, 4.69) is 11.0 Å². The first-order valence-electron chi connectivity index (χ1n) is 6.30. The van der Waals surface area contributed by atoms with Gasteiger partial charge in [-0.2, -0.15) is 18.4 Å². The highest BCUT2D eigenvalue weighted by molar-refractivity contribution is 5.48. The molecule has 1 saturated heterocycles. The number of anilines is 1. The van der Waals surface area contributed by atoms with E-state index in [1.807, 2.05) is 0 Å². The summed E-state index contributed by atoms with van der Waals surface area (Å²) in [5, 5.41) is 8.64. The Morgan fingerprint density at radius 1 is 1.16 bits per heavy atom. The van der Waals surface area contributed by atoms with Crippen molar-refractivity contribution < 1.29 is 13.2 Å². The predicted octanol–water partition coefficient (Wildman–Crippen LogP) is 3.84. The van der Waals surface area contributed by atoms with Crippen LogP contribution in [0.1, 0.15) is 24.8 Å². The summed E-state index contributed by atoms with van der Waals surface area (Å²) < 4.78 is 37.4. The van der Waals surface area contributed by atoms with Gasteiger partial charge in [0.25, 0.3) is 0 Å². The van der Waals surface area contributed by atoms with Gasteiger partial charge in [0.15, 0.2) is 0 Å². The van der Waals surface area contributed by atoms with Crippen LogP contribution < -0.4 is 4.90 Å². The minimum Gasteiger partial charge on any atom is -0.372 e. The molecule has 0 N–H and O–H groups in total. The molecule has 19 heavy (non-hydrogen) atoms. The van der Waals surface area contributed by atoms with Crippen LogP contribution in [0.3, 0.4) is 0 Å². The molecule has 0 radical (unpaired) electrons. The van der Waals surface area contributed by atoms with Crippen molar-refractivity contribution in [1.82, 2.24) is 0 Å². The van der Waals surface area contributed by atoms with Crippen LogP contribution in [-0.2, 0) is 6.18 Å². The van der Waals surface area contributed by atoms with Gasteiger partial charge in [0.2, 0.25) is 0 Å². The quantitative estimate of drug-likeness (QED) is 0.815. The standard InChI is InChI=1S/C14H15F3N2/c15-14(16,17)12-1-3-13(4-2-12)19-9-6-11(5-8-18)7-10-19/h1-4,11H,5-7,9-10H2. The molecule has 2 nitrogen and oxygen atoms in total. The van der Waals surface area contributed by atoms with E-state index >= 15 is 0 Å². The Kier molecular flexibility index (Phi) is 3.98. The molecule has 0 amide bonds. The molecule has 1 aromatic rings. The van der Waals surface area contributed by atoms with Gasteiger partial charge in [0, 0.05) is 25.2 Å². The molecule has 0 atom stereocenters. The van der Waals surface area contributed by atoms with E-state index in [1.54, 1.807) is 0 Å². The molecule has 0 saturated carbocycles. The number of hydrogen-bond acceptors (Lipinski definition) is 2. The van der Waals surface area contributed by atoms with Crippen molar-refractivity contribution in [2.45, 2.75) is 25.4 Å². The molecular weight excluding hydrogens is 253 g/mol. The SMILES string of the molecule is N#CCC1CCN(c2ccc(C(F)(F)F)cc2)CC1. The zero-order chi connectivity index (χ0) is 13.9. The fourth-order valence-corrected chi connectivity index (χ4v) is 2.39. The second-order valence-electron chi connectivity index (χ2n) is 4.84. The highest BCUT2D eigenvalue weighted by atomic mass is 19.4. The van der Waals surface area contributed by atoms with Gasteiger partial charge in [-0.05, 0) is 43.0 Å². The number of alkyl halides is 3. The number of nitriles is 1. The summed E-state index contributed by atoms with van der Waals surface area (Å²) in [6.07, 6.45) is -1.86. The Labute approximate surface area is 110 Å². The molecule has 5 heteroatoms. The first-order valence-corrected chi connectivity index (χ1v) is 6.30. The molecule has 0 bridgehead atoms. The topological polar surface area (TPSA) is 27.0 Å². The molecule has 1 fully saturated rings. The predicted molar refractivity (Wildman–Crippen MR) is 66.6 cm³/mol. The number of piperidine rings is 1. The highest BCUT2D eigenvalue weighted by Crippen LogP contribution is 2.31. The number of rotatable bonds is 2. The summed E-state index contributed by atoms with van der Waals surface area (Å²) in [5.41, 5.74) is 0.207. The average Bonchev–Trinajstić information content (AvgIpc) is 2.39. The summed E-state index contributed by atoms with van der Waals surface area (Å²) in [6, 6.07) is 7.46. The van der Waals surface area contributed by atoms with Gasteiger partial charge in [-0.1, -0.05) is 0 Å². The number of nitrogens with zero attached hydrogens (tertiary/aromatic N) is 2. The van der Waals surface area contributed by atoms with Crippen molar-refractivity contribution in [3.63, 3.8) is 0 Å². The Hall–Kier alpha value is -1.70. The van der Waals surface area contributed by atoms with Gasteiger partial charge >= 0.3 is 6.18 Å². The average molecular weight is 268 g/mol. The number of halogens is 3. The summed E-state index contributed by atoms with van der Waals surface area (Å²) >= 11 is 0. The van der Waals surface area contributed by atoms with Crippen molar-refractivity contribution in [2.75, 3.05) is 18.0 Å². The fourth-order valence-electron chi connectivity index (χ4n) is 2.39. The Balaban J connectivity index is 1.99. The van der Waals surface area contributed by atoms with Crippen molar-refractivity contribution in [3.8, 4) is 6.07 Å². The van der Waals surface area contributed by atoms with Gasteiger partial charge in [0.1, 0.15) is 0 Å². The molecule has 0 unspecified atom stereocenters. The maximum atomic E-state index is 12.5. The minimum atomic E-state index is -4.28. The normalized spacial score (nSPS) is 17.3. The van der Waals surface area contributed by atoms with Crippen LogP contribution >= 0.6 is 0 Å². The number of benzene rings is 1. The van der Waals surface area contributed by atoms with Crippen LogP contribution in [0, 0.1) is 17.2 Å². The van der Waals surface area contributed by atoms with Crippen LogP contribution in [0.5, 0.6) is 0 Å². The third kappa shape index (κ3) is 3.40. The molecular formula is C14H15F3N2. The molecule has 1 aliphatic heterocycles. The van der Waals surface area contributed by atoms with Crippen LogP contribution in [0.2, 0.25) is 0 Å². The molecule has 1 aliphatic rings. The smallest absolute Gasteiger partial charge is 0.372 e. The summed E-state index contributed by atoms with van der Waals surface area (Å²) in [5.74, 6) is 0.427. The summed E-state index contributed by atoms with van der Waals surface area (Å²) in [6.45, 7) is 1.61. The van der Waals surface area contributed by atoms with Crippen LogP contribution in [0.15, 0.2) is 24.3 Å². The molecule has 1 heterocycles. The van der Waals surface area contributed by atoms with Crippen LogP contribution in [-0.4, -0.2) is 13.1 Å². The molecule has 2 rings (SSSR count). The Morgan fingerprint density at radius 2 is 1.74 bits per heavy atom. The third-order valence-corrected chi connectivity index (χ3v) is 3.55. The van der Waals surface area contributed by atoms with E-state index in [0.717, 1.165) is 43.8 Å². The second kappa shape index (κ2) is 5.52. The molecule has 0 spiro atoms. The van der Waals surface area contributed by atoms with E-state index in [4.69, 9.17) is 5.26 Å². The van der Waals surface area contributed by atoms with Gasteiger partial charge in [-0.3, -0.25) is 0 Å². The van der Waals surface area contributed by atoms with E-state index in [1.165, 1.54) is 12.1 Å². The largest absolute Gasteiger partial charge is 0.416 e. The van der Waals surface area contributed by atoms with Crippen LogP contribution in [0.25, 0.3) is 0 Å². The zero-order valence-corrected chi connectivity index (χ0v) is 10.5. The molecule has 0 aliphatic carbocycles. The van der Waals surface area contributed by atoms with Gasteiger partial charge in [0.05, 0.1) is 11.6 Å². The van der Waals surface area contributed by atoms with Crippen molar-refractivity contribution in [2.24, 2.45) is 5.92 Å². The van der Waals surface area contributed by atoms with Crippen molar-refractivity contribution >= 4 is 5.69 Å². The third-order valence-electron chi connectivity index (χ3n) is 3.55. The summed E-state index contributed by atoms with van der Waals surface area (Å²) in [4.78, 5) is 2.08. The Morgan fingerprint density at radius 3 is 2.21 bits per heavy atom. The van der Waals surface area contributed by atoms with E-state index in [0.29, 0.717) is 12.3 Å². The van der Waals surface area contributed by atoms with E-state index in [9.17, 15) is 13.2 Å². The lowest BCUT2D eigenvalue weighted by molar-refractivity contribution is -0.137. The lowest BCUT2D eigenvalue weighted by atomic mass is 9.94. The maximum Gasteiger partial charge on any atom is 0.416 e. The van der Waals surface area contributed by atoms with Crippen molar-refractivity contribution in [3.05, 3.63) is 29.8 Å². The molecule has 1 aromatic carbocycles. The monoisotopic (exact) mass is 268 g/mol. The lowest BCUT2D eigenvalue weighted by Gasteiger charge is -2.32. The van der Waals surface area contributed by atoms with E-state index < -0.39 is 11.7 Å². The fraction of sp³-hybridized carbons (Fsp3) is 0.500. The van der Waals surface area contributed by atoms with Gasteiger partial charge < -0.3 is 4.90 Å². The van der Waals surface area contributed by atoms with Gasteiger partial charge in [-0.15, -0.1) is 0 Å². The van der Waals surface area contributed by atoms with Gasteiger partial charge in [-0.25, -0.2) is 0 Å². The van der Waals surface area contributed by atoms with Crippen molar-refractivity contribution in [1.29, 1.82) is 5.26 Å². The first kappa shape index (κ1) is 13.7. The number of hydrogen-bond donors (Lipinski definition) is 0. The first-order chi connectivity index (χ1) is 9.00. The van der Waals surface area contributed by atoms with E-state index in [-0.39, 0.29) is 0 Å². The lowest BCUT2D eigenvalue weighted by Crippen LogP contribution is -2.33.